The van der Waals surface area contributed by atoms with Crippen LogP contribution in [0.2, 0.25) is 0 Å². The van der Waals surface area contributed by atoms with Gasteiger partial charge < -0.3 is 10.3 Å². The Morgan fingerprint density at radius 3 is 2.59 bits per heavy atom. The molecule has 0 aliphatic rings. The predicted octanol–water partition coefficient (Wildman–Crippen LogP) is 2.36. The number of alkyl halides is 4. The fourth-order valence-electron chi connectivity index (χ4n) is 1.29. The molecule has 92 valence electrons. The standard InChI is InChI=1S/C9H8F4N4/c1-14-5-3-2-4-6(16-5)17-8(15-4)9(12,13)7(10)11/h2-3,7H,1H3,(H2,14,15,16,17). The van der Waals surface area contributed by atoms with Gasteiger partial charge in [0.15, 0.2) is 11.5 Å². The first-order chi connectivity index (χ1) is 7.95. The molecule has 0 fully saturated rings. The zero-order valence-electron chi connectivity index (χ0n) is 8.64. The van der Waals surface area contributed by atoms with Crippen LogP contribution in [0, 0.1) is 0 Å². The van der Waals surface area contributed by atoms with Crippen molar-refractivity contribution in [3.63, 3.8) is 0 Å². The molecule has 0 aliphatic heterocycles. The number of hydrogen-bond acceptors (Lipinski definition) is 3. The van der Waals surface area contributed by atoms with Crippen LogP contribution in [0.15, 0.2) is 12.1 Å². The molecule has 2 aromatic heterocycles. The molecule has 0 radical (unpaired) electrons. The maximum atomic E-state index is 13.0. The van der Waals surface area contributed by atoms with Crippen molar-refractivity contribution >= 4 is 17.0 Å². The summed E-state index contributed by atoms with van der Waals surface area (Å²) in [6, 6.07) is 2.96. The molecular formula is C9H8F4N4. The van der Waals surface area contributed by atoms with Crippen LogP contribution in [-0.2, 0) is 5.92 Å². The Labute approximate surface area is 93.1 Å². The van der Waals surface area contributed by atoms with E-state index in [0.29, 0.717) is 5.82 Å². The normalized spacial score (nSPS) is 12.4. The molecule has 0 saturated heterocycles. The van der Waals surface area contributed by atoms with Crippen LogP contribution in [0.25, 0.3) is 11.2 Å². The van der Waals surface area contributed by atoms with Crippen LogP contribution in [0.5, 0.6) is 0 Å². The second kappa shape index (κ2) is 3.86. The van der Waals surface area contributed by atoms with E-state index in [9.17, 15) is 17.6 Å². The van der Waals surface area contributed by atoms with E-state index in [1.54, 1.807) is 7.05 Å². The minimum Gasteiger partial charge on any atom is -0.373 e. The lowest BCUT2D eigenvalue weighted by molar-refractivity contribution is -0.140. The van der Waals surface area contributed by atoms with Gasteiger partial charge in [-0.15, -0.1) is 0 Å². The number of nitrogens with zero attached hydrogens (tertiary/aromatic N) is 2. The first-order valence-electron chi connectivity index (χ1n) is 4.66. The zero-order valence-corrected chi connectivity index (χ0v) is 8.64. The molecular weight excluding hydrogens is 240 g/mol. The lowest BCUT2D eigenvalue weighted by Crippen LogP contribution is -2.25. The Hall–Kier alpha value is -1.86. The van der Waals surface area contributed by atoms with E-state index in [0.717, 1.165) is 0 Å². The van der Waals surface area contributed by atoms with Gasteiger partial charge in [-0.2, -0.15) is 8.78 Å². The average molecular weight is 248 g/mol. The molecule has 2 N–H and O–H groups in total. The zero-order chi connectivity index (χ0) is 12.6. The van der Waals surface area contributed by atoms with Gasteiger partial charge in [-0.25, -0.2) is 18.7 Å². The van der Waals surface area contributed by atoms with E-state index < -0.39 is 18.2 Å². The minimum atomic E-state index is -4.31. The van der Waals surface area contributed by atoms with Gasteiger partial charge in [-0.1, -0.05) is 0 Å². The molecule has 0 bridgehead atoms. The second-order valence-corrected chi connectivity index (χ2v) is 3.33. The van der Waals surface area contributed by atoms with Crippen LogP contribution in [0.4, 0.5) is 23.4 Å². The fourth-order valence-corrected chi connectivity index (χ4v) is 1.29. The SMILES string of the molecule is CNc1ccc2[nH]c(C(F)(F)C(F)F)nc2n1. The highest BCUT2D eigenvalue weighted by Crippen LogP contribution is 2.33. The van der Waals surface area contributed by atoms with E-state index in [1.807, 2.05) is 0 Å². The van der Waals surface area contributed by atoms with E-state index in [2.05, 4.69) is 20.3 Å². The first kappa shape index (κ1) is 11.6. The summed E-state index contributed by atoms with van der Waals surface area (Å²) in [5.74, 6) is -4.97. The predicted molar refractivity (Wildman–Crippen MR) is 53.3 cm³/mol. The molecule has 2 aromatic rings. The maximum absolute atomic E-state index is 13.0. The molecule has 0 spiro atoms. The highest BCUT2D eigenvalue weighted by atomic mass is 19.3. The Bertz CT molecular complexity index is 537. The smallest absolute Gasteiger partial charge is 0.363 e. The van der Waals surface area contributed by atoms with Crippen LogP contribution in [0.3, 0.4) is 0 Å². The van der Waals surface area contributed by atoms with Gasteiger partial charge in [-0.05, 0) is 12.1 Å². The van der Waals surface area contributed by atoms with Gasteiger partial charge in [-0.3, -0.25) is 0 Å². The molecule has 4 nitrogen and oxygen atoms in total. The third-order valence-electron chi connectivity index (χ3n) is 2.19. The third-order valence-corrected chi connectivity index (χ3v) is 2.19. The summed E-state index contributed by atoms with van der Waals surface area (Å²) >= 11 is 0. The largest absolute Gasteiger partial charge is 0.373 e. The monoisotopic (exact) mass is 248 g/mol. The molecule has 0 amide bonds. The summed E-state index contributed by atoms with van der Waals surface area (Å²) in [5.41, 5.74) is 0.145. The molecule has 0 saturated carbocycles. The number of halogens is 4. The number of H-pyrrole nitrogens is 1. The number of rotatable bonds is 3. The summed E-state index contributed by atoms with van der Waals surface area (Å²) in [7, 11) is 1.59. The molecule has 2 rings (SSSR count). The van der Waals surface area contributed by atoms with Crippen molar-refractivity contribution in [1.29, 1.82) is 0 Å². The van der Waals surface area contributed by atoms with E-state index in [1.165, 1.54) is 12.1 Å². The average Bonchev–Trinajstić information content (AvgIpc) is 2.71. The number of hydrogen-bond donors (Lipinski definition) is 2. The summed E-state index contributed by atoms with van der Waals surface area (Å²) in [6.45, 7) is 0. The molecule has 17 heavy (non-hydrogen) atoms. The van der Waals surface area contributed by atoms with E-state index in [-0.39, 0.29) is 11.2 Å². The highest BCUT2D eigenvalue weighted by molar-refractivity contribution is 5.73. The van der Waals surface area contributed by atoms with Gasteiger partial charge in [0.2, 0.25) is 0 Å². The topological polar surface area (TPSA) is 53.6 Å². The summed E-state index contributed by atoms with van der Waals surface area (Å²) in [4.78, 5) is 9.37. The fraction of sp³-hybridized carbons (Fsp3) is 0.333. The van der Waals surface area contributed by atoms with Gasteiger partial charge >= 0.3 is 12.3 Å². The Morgan fingerprint density at radius 1 is 1.29 bits per heavy atom. The van der Waals surface area contributed by atoms with E-state index >= 15 is 0 Å². The number of aromatic nitrogens is 3. The van der Waals surface area contributed by atoms with Crippen LogP contribution in [0.1, 0.15) is 5.82 Å². The molecule has 0 aromatic carbocycles. The number of nitrogens with one attached hydrogen (secondary N) is 2. The quantitative estimate of drug-likeness (QED) is 0.820. The van der Waals surface area contributed by atoms with Crippen molar-refractivity contribution in [3.8, 4) is 0 Å². The Kier molecular flexibility index (Phi) is 2.64. The van der Waals surface area contributed by atoms with Crippen molar-refractivity contribution in [2.24, 2.45) is 0 Å². The van der Waals surface area contributed by atoms with Crippen LogP contribution < -0.4 is 5.32 Å². The molecule has 8 heteroatoms. The highest BCUT2D eigenvalue weighted by Gasteiger charge is 2.45. The summed E-state index contributed by atoms with van der Waals surface area (Å²) < 4.78 is 50.3. The number of fused-ring (bicyclic) bond motifs is 1. The molecule has 0 aliphatic carbocycles. The van der Waals surface area contributed by atoms with Gasteiger partial charge in [0.05, 0.1) is 5.52 Å². The number of imidazole rings is 1. The van der Waals surface area contributed by atoms with Crippen molar-refractivity contribution in [2.45, 2.75) is 12.3 Å². The summed E-state index contributed by atoms with van der Waals surface area (Å²) in [6.07, 6.45) is -3.81. The molecule has 0 unspecified atom stereocenters. The maximum Gasteiger partial charge on any atom is 0.363 e. The van der Waals surface area contributed by atoms with Crippen molar-refractivity contribution in [3.05, 3.63) is 18.0 Å². The number of pyridine rings is 1. The van der Waals surface area contributed by atoms with Crippen LogP contribution in [-0.4, -0.2) is 28.4 Å². The lowest BCUT2D eigenvalue weighted by Gasteiger charge is -2.10. The molecule has 2 heterocycles. The van der Waals surface area contributed by atoms with Gasteiger partial charge in [0.1, 0.15) is 5.82 Å². The lowest BCUT2D eigenvalue weighted by atomic mass is 10.3. The number of aromatic amines is 1. The molecule has 0 atom stereocenters. The van der Waals surface area contributed by atoms with Crippen molar-refractivity contribution < 1.29 is 17.6 Å². The Morgan fingerprint density at radius 2 is 2.00 bits per heavy atom. The van der Waals surface area contributed by atoms with Crippen molar-refractivity contribution in [1.82, 2.24) is 15.0 Å². The first-order valence-corrected chi connectivity index (χ1v) is 4.66. The minimum absolute atomic E-state index is 0.0350. The van der Waals surface area contributed by atoms with Gasteiger partial charge in [0, 0.05) is 7.05 Å². The number of anilines is 1. The van der Waals surface area contributed by atoms with Crippen molar-refractivity contribution in [2.75, 3.05) is 12.4 Å². The van der Waals surface area contributed by atoms with E-state index in [4.69, 9.17) is 0 Å². The third kappa shape index (κ3) is 1.90. The summed E-state index contributed by atoms with van der Waals surface area (Å²) in [5, 5.41) is 2.69. The second-order valence-electron chi connectivity index (χ2n) is 3.33. The van der Waals surface area contributed by atoms with Gasteiger partial charge in [0.25, 0.3) is 0 Å². The van der Waals surface area contributed by atoms with Crippen LogP contribution >= 0.6 is 0 Å². The Balaban J connectivity index is 2.51.